The molecule has 0 aromatic heterocycles. The van der Waals surface area contributed by atoms with Gasteiger partial charge in [-0.25, -0.2) is 4.79 Å². The van der Waals surface area contributed by atoms with Crippen LogP contribution in [0.25, 0.3) is 0 Å². The van der Waals surface area contributed by atoms with E-state index in [1.165, 1.54) is 0 Å². The van der Waals surface area contributed by atoms with Crippen molar-refractivity contribution in [3.8, 4) is 0 Å². The van der Waals surface area contributed by atoms with E-state index in [1.807, 2.05) is 0 Å². The van der Waals surface area contributed by atoms with Crippen LogP contribution < -0.4 is 5.73 Å². The van der Waals surface area contributed by atoms with Gasteiger partial charge in [0.25, 0.3) is 0 Å². The highest BCUT2D eigenvalue weighted by atomic mass is 16.6. The number of ether oxygens (including phenoxy) is 2. The molecular weight excluding hydrogens is 162 g/mol. The Morgan fingerprint density at radius 2 is 1.75 bits per heavy atom. The minimum Gasteiger partial charge on any atom is -0.462 e. The molecule has 0 aliphatic rings. The van der Waals surface area contributed by atoms with Crippen LogP contribution in [-0.4, -0.2) is 25.3 Å². The van der Waals surface area contributed by atoms with Gasteiger partial charge in [0.2, 0.25) is 0 Å². The van der Waals surface area contributed by atoms with Crippen LogP contribution in [0, 0.1) is 5.92 Å². The molecule has 0 heterocycles. The molecule has 0 radical (unpaired) electrons. The topological polar surface area (TPSA) is 78.6 Å². The number of hydrogen-bond donors (Lipinski definition) is 1. The van der Waals surface area contributed by atoms with Crippen molar-refractivity contribution < 1.29 is 19.1 Å². The number of amides is 1. The quantitative estimate of drug-likeness (QED) is 0.491. The summed E-state index contributed by atoms with van der Waals surface area (Å²) in [4.78, 5) is 20.8. The highest BCUT2D eigenvalue weighted by molar-refractivity contribution is 5.71. The zero-order valence-corrected chi connectivity index (χ0v) is 7.20. The first-order chi connectivity index (χ1) is 5.54. The van der Waals surface area contributed by atoms with Gasteiger partial charge in [0.1, 0.15) is 13.2 Å². The van der Waals surface area contributed by atoms with Gasteiger partial charge in [-0.2, -0.15) is 0 Å². The van der Waals surface area contributed by atoms with Crippen LogP contribution in [0.5, 0.6) is 0 Å². The fraction of sp³-hybridized carbons (Fsp3) is 0.714. The Morgan fingerprint density at radius 1 is 1.25 bits per heavy atom. The maximum Gasteiger partial charge on any atom is 0.404 e. The first-order valence-corrected chi connectivity index (χ1v) is 3.63. The molecule has 2 N–H and O–H groups in total. The molecule has 0 rings (SSSR count). The number of rotatable bonds is 4. The molecule has 0 bridgehead atoms. The summed E-state index contributed by atoms with van der Waals surface area (Å²) in [6.07, 6.45) is -0.865. The Balaban J connectivity index is 3.32. The Bertz CT molecular complexity index is 167. The zero-order valence-electron chi connectivity index (χ0n) is 7.20. The molecule has 0 fully saturated rings. The van der Waals surface area contributed by atoms with E-state index in [-0.39, 0.29) is 25.1 Å². The molecule has 0 spiro atoms. The van der Waals surface area contributed by atoms with Crippen LogP contribution in [0.3, 0.4) is 0 Å². The summed E-state index contributed by atoms with van der Waals surface area (Å²) in [7, 11) is 0. The van der Waals surface area contributed by atoms with Gasteiger partial charge < -0.3 is 15.2 Å². The van der Waals surface area contributed by atoms with E-state index in [1.54, 1.807) is 13.8 Å². The minimum absolute atomic E-state index is 0.00773. The zero-order chi connectivity index (χ0) is 9.56. The van der Waals surface area contributed by atoms with Crippen molar-refractivity contribution in [3.05, 3.63) is 0 Å². The predicted molar refractivity (Wildman–Crippen MR) is 41.3 cm³/mol. The van der Waals surface area contributed by atoms with Gasteiger partial charge in [0, 0.05) is 0 Å². The van der Waals surface area contributed by atoms with Gasteiger partial charge in [-0.05, 0) is 0 Å². The van der Waals surface area contributed by atoms with Crippen LogP contribution in [0.1, 0.15) is 13.8 Å². The summed E-state index contributed by atoms with van der Waals surface area (Å²) in [5, 5.41) is 0. The average Bonchev–Trinajstić information content (AvgIpc) is 1.97. The van der Waals surface area contributed by atoms with E-state index in [9.17, 15) is 9.59 Å². The second kappa shape index (κ2) is 5.40. The lowest BCUT2D eigenvalue weighted by Gasteiger charge is -2.06. The van der Waals surface area contributed by atoms with Crippen LogP contribution in [0.2, 0.25) is 0 Å². The lowest BCUT2D eigenvalue weighted by atomic mass is 10.2. The van der Waals surface area contributed by atoms with Gasteiger partial charge in [0.15, 0.2) is 0 Å². The van der Waals surface area contributed by atoms with Crippen molar-refractivity contribution in [2.45, 2.75) is 13.8 Å². The normalized spacial score (nSPS) is 9.58. The molecule has 0 aliphatic carbocycles. The molecule has 0 aliphatic heterocycles. The van der Waals surface area contributed by atoms with Crippen LogP contribution in [-0.2, 0) is 14.3 Å². The van der Waals surface area contributed by atoms with E-state index >= 15 is 0 Å². The van der Waals surface area contributed by atoms with Crippen LogP contribution >= 0.6 is 0 Å². The van der Waals surface area contributed by atoms with Gasteiger partial charge >= 0.3 is 12.1 Å². The monoisotopic (exact) mass is 175 g/mol. The van der Waals surface area contributed by atoms with Crippen molar-refractivity contribution in [3.63, 3.8) is 0 Å². The number of carbonyl (C=O) groups is 2. The second-order valence-corrected chi connectivity index (χ2v) is 2.49. The standard InChI is InChI=1S/C7H13NO4/c1-5(2)6(9)11-3-4-12-7(8)10/h5H,3-4H2,1-2H3,(H2,8,10). The minimum atomic E-state index is -0.865. The number of nitrogens with two attached hydrogens (primary N) is 1. The fourth-order valence-electron chi connectivity index (χ4n) is 0.451. The van der Waals surface area contributed by atoms with Gasteiger partial charge in [-0.1, -0.05) is 13.8 Å². The van der Waals surface area contributed by atoms with Crippen LogP contribution in [0.15, 0.2) is 0 Å². The smallest absolute Gasteiger partial charge is 0.404 e. The predicted octanol–water partition coefficient (Wildman–Crippen LogP) is 0.281. The molecule has 0 atom stereocenters. The summed E-state index contributed by atoms with van der Waals surface area (Å²) in [6, 6.07) is 0. The summed E-state index contributed by atoms with van der Waals surface area (Å²) >= 11 is 0. The first kappa shape index (κ1) is 10.7. The Morgan fingerprint density at radius 3 is 2.17 bits per heavy atom. The fourth-order valence-corrected chi connectivity index (χ4v) is 0.451. The van der Waals surface area contributed by atoms with Gasteiger partial charge in [-0.15, -0.1) is 0 Å². The lowest BCUT2D eigenvalue weighted by molar-refractivity contribution is -0.148. The summed E-state index contributed by atoms with van der Waals surface area (Å²) in [6.45, 7) is 3.50. The molecule has 0 saturated carbocycles. The Labute approximate surface area is 70.8 Å². The Kier molecular flexibility index (Phi) is 4.83. The largest absolute Gasteiger partial charge is 0.462 e. The molecule has 0 aromatic carbocycles. The SMILES string of the molecule is CC(C)C(=O)OCCOC(N)=O. The van der Waals surface area contributed by atoms with Gasteiger partial charge in [-0.3, -0.25) is 4.79 Å². The molecular formula is C7H13NO4. The van der Waals surface area contributed by atoms with Crippen molar-refractivity contribution in [1.29, 1.82) is 0 Å². The molecule has 0 aromatic rings. The highest BCUT2D eigenvalue weighted by Crippen LogP contribution is 1.94. The number of hydrogen-bond acceptors (Lipinski definition) is 4. The summed E-state index contributed by atoms with van der Waals surface area (Å²) < 4.78 is 9.02. The van der Waals surface area contributed by atoms with E-state index in [4.69, 9.17) is 0 Å². The van der Waals surface area contributed by atoms with E-state index in [2.05, 4.69) is 15.2 Å². The molecule has 1 amide bonds. The molecule has 12 heavy (non-hydrogen) atoms. The second-order valence-electron chi connectivity index (χ2n) is 2.49. The van der Waals surface area contributed by atoms with E-state index < -0.39 is 6.09 Å². The maximum absolute atomic E-state index is 10.8. The van der Waals surface area contributed by atoms with Crippen molar-refractivity contribution in [1.82, 2.24) is 0 Å². The summed E-state index contributed by atoms with van der Waals surface area (Å²) in [5.74, 6) is -0.485. The molecule has 0 unspecified atom stereocenters. The van der Waals surface area contributed by atoms with Gasteiger partial charge in [0.05, 0.1) is 5.92 Å². The Hall–Kier alpha value is -1.26. The molecule has 70 valence electrons. The van der Waals surface area contributed by atoms with E-state index in [0.717, 1.165) is 0 Å². The van der Waals surface area contributed by atoms with Crippen molar-refractivity contribution in [2.75, 3.05) is 13.2 Å². The van der Waals surface area contributed by atoms with Crippen LogP contribution in [0.4, 0.5) is 4.79 Å². The third-order valence-electron chi connectivity index (χ3n) is 1.04. The lowest BCUT2D eigenvalue weighted by Crippen LogP contribution is -2.19. The number of carbonyl (C=O) groups excluding carboxylic acids is 2. The highest BCUT2D eigenvalue weighted by Gasteiger charge is 2.07. The summed E-state index contributed by atoms with van der Waals surface area (Å²) in [5.41, 5.74) is 4.67. The number of esters is 1. The molecule has 5 heteroatoms. The van der Waals surface area contributed by atoms with Crippen molar-refractivity contribution in [2.24, 2.45) is 11.7 Å². The maximum atomic E-state index is 10.8. The average molecular weight is 175 g/mol. The third kappa shape index (κ3) is 5.52. The van der Waals surface area contributed by atoms with E-state index in [0.29, 0.717) is 0 Å². The number of primary amides is 1. The van der Waals surface area contributed by atoms with Crippen molar-refractivity contribution >= 4 is 12.1 Å². The third-order valence-corrected chi connectivity index (χ3v) is 1.04. The molecule has 5 nitrogen and oxygen atoms in total. The first-order valence-electron chi connectivity index (χ1n) is 3.63. The molecule has 0 saturated heterocycles.